The van der Waals surface area contributed by atoms with E-state index in [0.29, 0.717) is 27.9 Å². The fourth-order valence-electron chi connectivity index (χ4n) is 2.96. The molecule has 0 saturated carbocycles. The molecule has 4 rings (SSSR count). The molecule has 0 atom stereocenters. The summed E-state index contributed by atoms with van der Waals surface area (Å²) in [6.45, 7) is 1.81. The van der Waals surface area contributed by atoms with Gasteiger partial charge >= 0.3 is 6.18 Å². The summed E-state index contributed by atoms with van der Waals surface area (Å²) in [6, 6.07) is 11.4. The molecule has 4 aromatic rings. The second-order valence-corrected chi connectivity index (χ2v) is 6.74. The lowest BCUT2D eigenvalue weighted by Gasteiger charge is -2.11. The summed E-state index contributed by atoms with van der Waals surface area (Å²) < 4.78 is 40.0. The van der Waals surface area contributed by atoms with Crippen LogP contribution in [-0.4, -0.2) is 19.5 Å². The van der Waals surface area contributed by atoms with E-state index in [-0.39, 0.29) is 11.8 Å². The number of nitrogens with one attached hydrogen (secondary N) is 1. The molecule has 0 spiro atoms. The normalized spacial score (nSPS) is 11.8. The quantitative estimate of drug-likeness (QED) is 0.482. The van der Waals surface area contributed by atoms with Crippen molar-refractivity contribution in [3.63, 3.8) is 0 Å². The first-order chi connectivity index (χ1) is 13.7. The predicted molar refractivity (Wildman–Crippen MR) is 106 cm³/mol. The molecule has 0 bridgehead atoms. The minimum atomic E-state index is -4.40. The van der Waals surface area contributed by atoms with Crippen molar-refractivity contribution < 1.29 is 13.2 Å². The Morgan fingerprint density at radius 2 is 1.72 bits per heavy atom. The van der Waals surface area contributed by atoms with Gasteiger partial charge < -0.3 is 11.1 Å². The zero-order chi connectivity index (χ0) is 20.8. The number of alkyl halides is 3. The van der Waals surface area contributed by atoms with Gasteiger partial charge in [0.2, 0.25) is 5.95 Å². The number of nitrogen functional groups attached to an aromatic ring is 1. The molecule has 0 fully saturated rings. The number of imidazole rings is 1. The number of nitrogens with zero attached hydrogens (tertiary/aromatic N) is 4. The maximum Gasteiger partial charge on any atom is 0.416 e. The maximum absolute atomic E-state index is 12.7. The Balaban J connectivity index is 1.71. The van der Waals surface area contributed by atoms with Crippen LogP contribution < -0.4 is 11.1 Å². The molecule has 0 saturated heterocycles. The minimum Gasteiger partial charge on any atom is -0.383 e. The summed E-state index contributed by atoms with van der Waals surface area (Å²) >= 11 is 6.03. The third kappa shape index (κ3) is 3.81. The van der Waals surface area contributed by atoms with Crippen LogP contribution in [0.25, 0.3) is 16.9 Å². The lowest BCUT2D eigenvalue weighted by atomic mass is 10.2. The molecule has 29 heavy (non-hydrogen) atoms. The van der Waals surface area contributed by atoms with Crippen LogP contribution in [0.4, 0.5) is 30.6 Å². The number of rotatable bonds is 3. The average Bonchev–Trinajstić information content (AvgIpc) is 2.95. The largest absolute Gasteiger partial charge is 0.416 e. The number of benzene rings is 2. The molecule has 10 heteroatoms. The van der Waals surface area contributed by atoms with Gasteiger partial charge in [0.15, 0.2) is 0 Å². The van der Waals surface area contributed by atoms with Gasteiger partial charge in [0, 0.05) is 16.8 Å². The van der Waals surface area contributed by atoms with Gasteiger partial charge in [0.25, 0.3) is 0 Å². The van der Waals surface area contributed by atoms with Crippen molar-refractivity contribution in [1.29, 1.82) is 0 Å². The molecule has 148 valence electrons. The highest BCUT2D eigenvalue weighted by Crippen LogP contribution is 2.30. The van der Waals surface area contributed by atoms with Crippen LogP contribution in [-0.2, 0) is 6.18 Å². The number of aromatic nitrogens is 4. The third-order valence-corrected chi connectivity index (χ3v) is 4.45. The van der Waals surface area contributed by atoms with Gasteiger partial charge in [-0.1, -0.05) is 11.6 Å². The van der Waals surface area contributed by atoms with E-state index < -0.39 is 11.7 Å². The molecule has 2 heterocycles. The zero-order valence-corrected chi connectivity index (χ0v) is 15.8. The van der Waals surface area contributed by atoms with Crippen molar-refractivity contribution in [2.45, 2.75) is 13.1 Å². The second kappa shape index (κ2) is 6.93. The van der Waals surface area contributed by atoms with Crippen molar-refractivity contribution in [3.05, 3.63) is 64.9 Å². The smallest absolute Gasteiger partial charge is 0.383 e. The molecular weight excluding hydrogens is 405 g/mol. The van der Waals surface area contributed by atoms with E-state index in [1.807, 2.05) is 13.0 Å². The summed E-state index contributed by atoms with van der Waals surface area (Å²) in [7, 11) is 0. The first kappa shape index (κ1) is 19.0. The van der Waals surface area contributed by atoms with Crippen molar-refractivity contribution >= 4 is 40.1 Å². The van der Waals surface area contributed by atoms with E-state index in [2.05, 4.69) is 20.3 Å². The SMILES string of the molecule is Cc1nc2cc(Cl)ccc2n1-c1cc(N)nc(Nc2ccc(C(F)(F)F)cc2)n1. The van der Waals surface area contributed by atoms with Crippen LogP contribution in [0, 0.1) is 6.92 Å². The minimum absolute atomic E-state index is 0.148. The number of nitrogens with two attached hydrogens (primary N) is 1. The lowest BCUT2D eigenvalue weighted by Crippen LogP contribution is -2.07. The first-order valence-corrected chi connectivity index (χ1v) is 8.82. The Kier molecular flexibility index (Phi) is 4.54. The van der Waals surface area contributed by atoms with Crippen LogP contribution in [0.5, 0.6) is 0 Å². The summed E-state index contributed by atoms with van der Waals surface area (Å²) in [6.07, 6.45) is -4.40. The Morgan fingerprint density at radius 1 is 1.00 bits per heavy atom. The van der Waals surface area contributed by atoms with Gasteiger partial charge in [0.1, 0.15) is 17.5 Å². The number of halogens is 4. The maximum atomic E-state index is 12.7. The van der Waals surface area contributed by atoms with E-state index in [1.165, 1.54) is 12.1 Å². The first-order valence-electron chi connectivity index (χ1n) is 8.44. The standard InChI is InChI=1S/C19H14ClF3N6/c1-10-25-14-8-12(20)4-7-15(14)29(10)17-9-16(24)27-18(28-17)26-13-5-2-11(3-6-13)19(21,22)23/h2-9H,1H3,(H3,24,26,27,28). The molecule has 0 radical (unpaired) electrons. The summed E-state index contributed by atoms with van der Waals surface area (Å²) in [5, 5.41) is 3.44. The van der Waals surface area contributed by atoms with Crippen LogP contribution in [0.3, 0.4) is 0 Å². The van der Waals surface area contributed by atoms with E-state index in [0.717, 1.165) is 17.6 Å². The Bertz CT molecular complexity index is 1200. The van der Waals surface area contributed by atoms with Gasteiger partial charge in [-0.05, 0) is 49.4 Å². The summed E-state index contributed by atoms with van der Waals surface area (Å²) in [4.78, 5) is 13.0. The Hall–Kier alpha value is -3.33. The van der Waals surface area contributed by atoms with E-state index in [4.69, 9.17) is 17.3 Å². The van der Waals surface area contributed by atoms with E-state index in [1.54, 1.807) is 22.8 Å². The summed E-state index contributed by atoms with van der Waals surface area (Å²) in [5.74, 6) is 1.48. The number of hydrogen-bond donors (Lipinski definition) is 2. The Labute approximate surface area is 168 Å². The summed E-state index contributed by atoms with van der Waals surface area (Å²) in [5.41, 5.74) is 7.06. The third-order valence-electron chi connectivity index (χ3n) is 4.21. The number of aryl methyl sites for hydroxylation is 1. The van der Waals surface area contributed by atoms with Crippen LogP contribution in [0.2, 0.25) is 5.02 Å². The van der Waals surface area contributed by atoms with Crippen molar-refractivity contribution in [2.24, 2.45) is 0 Å². The molecule has 2 aromatic heterocycles. The molecule has 0 aliphatic rings. The highest BCUT2D eigenvalue weighted by Gasteiger charge is 2.30. The van der Waals surface area contributed by atoms with E-state index >= 15 is 0 Å². The van der Waals surface area contributed by atoms with Crippen molar-refractivity contribution in [1.82, 2.24) is 19.5 Å². The molecule has 3 N–H and O–H groups in total. The number of fused-ring (bicyclic) bond motifs is 1. The fraction of sp³-hybridized carbons (Fsp3) is 0.105. The lowest BCUT2D eigenvalue weighted by molar-refractivity contribution is -0.137. The van der Waals surface area contributed by atoms with Gasteiger partial charge in [0.05, 0.1) is 16.6 Å². The molecule has 6 nitrogen and oxygen atoms in total. The highest BCUT2D eigenvalue weighted by atomic mass is 35.5. The number of anilines is 3. The van der Waals surface area contributed by atoms with Crippen LogP contribution >= 0.6 is 11.6 Å². The molecular formula is C19H14ClF3N6. The average molecular weight is 419 g/mol. The molecule has 0 unspecified atom stereocenters. The fourth-order valence-corrected chi connectivity index (χ4v) is 3.12. The van der Waals surface area contributed by atoms with E-state index in [9.17, 15) is 13.2 Å². The molecule has 0 aliphatic heterocycles. The Morgan fingerprint density at radius 3 is 2.41 bits per heavy atom. The molecule has 0 aliphatic carbocycles. The zero-order valence-electron chi connectivity index (χ0n) is 15.0. The van der Waals surface area contributed by atoms with Crippen LogP contribution in [0.1, 0.15) is 11.4 Å². The monoisotopic (exact) mass is 418 g/mol. The van der Waals surface area contributed by atoms with Gasteiger partial charge in [-0.2, -0.15) is 23.1 Å². The van der Waals surface area contributed by atoms with Crippen molar-refractivity contribution in [3.8, 4) is 5.82 Å². The molecule has 0 amide bonds. The van der Waals surface area contributed by atoms with Gasteiger partial charge in [-0.15, -0.1) is 0 Å². The van der Waals surface area contributed by atoms with Crippen molar-refractivity contribution in [2.75, 3.05) is 11.1 Å². The van der Waals surface area contributed by atoms with Gasteiger partial charge in [-0.3, -0.25) is 4.57 Å². The topological polar surface area (TPSA) is 81.7 Å². The number of hydrogen-bond acceptors (Lipinski definition) is 5. The van der Waals surface area contributed by atoms with Crippen LogP contribution in [0.15, 0.2) is 48.5 Å². The van der Waals surface area contributed by atoms with Gasteiger partial charge in [-0.25, -0.2) is 4.98 Å². The second-order valence-electron chi connectivity index (χ2n) is 6.30. The highest BCUT2D eigenvalue weighted by molar-refractivity contribution is 6.31. The predicted octanol–water partition coefficient (Wildman–Crippen LogP) is 5.12. The molecule has 2 aromatic carbocycles.